The third-order valence-corrected chi connectivity index (χ3v) is 2.72. The predicted molar refractivity (Wildman–Crippen MR) is 59.3 cm³/mol. The molecule has 2 aromatic heterocycles. The highest BCUT2D eigenvalue weighted by Gasteiger charge is 2.09. The molecule has 0 radical (unpaired) electrons. The molecule has 2 rings (SSSR count). The second-order valence-electron chi connectivity index (χ2n) is 2.65. The van der Waals surface area contributed by atoms with Gasteiger partial charge in [-0.15, -0.1) is 11.3 Å². The molecule has 2 aromatic rings. The second kappa shape index (κ2) is 4.37. The van der Waals surface area contributed by atoms with Crippen LogP contribution in [0.2, 0.25) is 5.02 Å². The van der Waals surface area contributed by atoms with Crippen LogP contribution in [0.5, 0.6) is 0 Å². The van der Waals surface area contributed by atoms with Gasteiger partial charge in [-0.1, -0.05) is 11.6 Å². The Kier molecular flexibility index (Phi) is 2.94. The maximum absolute atomic E-state index is 11.6. The van der Waals surface area contributed by atoms with Crippen LogP contribution in [0.25, 0.3) is 0 Å². The van der Waals surface area contributed by atoms with Gasteiger partial charge in [0.25, 0.3) is 5.91 Å². The average Bonchev–Trinajstić information content (AvgIpc) is 2.74. The van der Waals surface area contributed by atoms with E-state index in [9.17, 15) is 4.79 Å². The van der Waals surface area contributed by atoms with Crippen LogP contribution in [0, 0.1) is 0 Å². The lowest BCUT2D eigenvalue weighted by molar-refractivity contribution is 0.103. The van der Waals surface area contributed by atoms with Crippen LogP contribution in [-0.4, -0.2) is 15.9 Å². The van der Waals surface area contributed by atoms with Crippen LogP contribution >= 0.6 is 22.9 Å². The molecule has 0 saturated carbocycles. The summed E-state index contributed by atoms with van der Waals surface area (Å²) in [5.41, 5.74) is 1.59. The predicted octanol–water partition coefficient (Wildman–Crippen LogP) is 2.44. The first kappa shape index (κ1) is 10.1. The number of thiazole rings is 1. The number of amides is 1. The molecule has 0 aliphatic heterocycles. The third-order valence-electron chi connectivity index (χ3n) is 1.65. The van der Waals surface area contributed by atoms with Crippen molar-refractivity contribution in [1.82, 2.24) is 9.97 Å². The molecule has 0 aliphatic rings. The molecule has 1 amide bonds. The quantitative estimate of drug-likeness (QED) is 0.876. The fourth-order valence-electron chi connectivity index (χ4n) is 0.975. The summed E-state index contributed by atoms with van der Waals surface area (Å²) in [6, 6.07) is 3.36. The largest absolute Gasteiger partial charge is 0.305 e. The lowest BCUT2D eigenvalue weighted by atomic mass is 10.4. The zero-order valence-corrected chi connectivity index (χ0v) is 9.05. The summed E-state index contributed by atoms with van der Waals surface area (Å²) < 4.78 is 0. The normalized spacial score (nSPS) is 9.93. The van der Waals surface area contributed by atoms with E-state index in [1.165, 1.54) is 17.5 Å². The Bertz CT molecular complexity index is 472. The van der Waals surface area contributed by atoms with Gasteiger partial charge in [0.15, 0.2) is 5.82 Å². The van der Waals surface area contributed by atoms with Gasteiger partial charge >= 0.3 is 0 Å². The lowest BCUT2D eigenvalue weighted by Crippen LogP contribution is -2.11. The van der Waals surface area contributed by atoms with Crippen molar-refractivity contribution in [3.63, 3.8) is 0 Å². The van der Waals surface area contributed by atoms with Gasteiger partial charge in [-0.3, -0.25) is 9.78 Å². The molecule has 0 aromatic carbocycles. The van der Waals surface area contributed by atoms with Gasteiger partial charge in [0.05, 0.1) is 16.7 Å². The molecule has 0 unspecified atom stereocenters. The van der Waals surface area contributed by atoms with Gasteiger partial charge in [-0.2, -0.15) is 0 Å². The second-order valence-corrected chi connectivity index (χ2v) is 3.95. The number of nitrogens with one attached hydrogen (secondary N) is 1. The van der Waals surface area contributed by atoms with Crippen molar-refractivity contribution < 1.29 is 4.79 Å². The maximum Gasteiger partial charge on any atom is 0.268 e. The highest BCUT2D eigenvalue weighted by molar-refractivity contribution is 7.11. The van der Waals surface area contributed by atoms with Gasteiger partial charge in [0.1, 0.15) is 4.88 Å². The maximum atomic E-state index is 11.6. The van der Waals surface area contributed by atoms with Crippen LogP contribution in [0.4, 0.5) is 5.82 Å². The van der Waals surface area contributed by atoms with Gasteiger partial charge in [0.2, 0.25) is 0 Å². The number of carbonyl (C=O) groups excluding carboxylic acids is 1. The molecule has 2 heterocycles. The van der Waals surface area contributed by atoms with E-state index in [1.54, 1.807) is 23.8 Å². The Labute approximate surface area is 94.9 Å². The molecule has 0 saturated heterocycles. The Morgan fingerprint density at radius 3 is 3.07 bits per heavy atom. The van der Waals surface area contributed by atoms with Crippen LogP contribution < -0.4 is 5.32 Å². The number of carbonyl (C=O) groups is 1. The number of halogens is 1. The van der Waals surface area contributed by atoms with Crippen LogP contribution in [-0.2, 0) is 0 Å². The smallest absolute Gasteiger partial charge is 0.268 e. The van der Waals surface area contributed by atoms with E-state index in [4.69, 9.17) is 11.6 Å². The van der Waals surface area contributed by atoms with E-state index < -0.39 is 0 Å². The highest BCUT2D eigenvalue weighted by atomic mass is 35.5. The lowest BCUT2D eigenvalue weighted by Gasteiger charge is -2.03. The minimum atomic E-state index is -0.252. The van der Waals surface area contributed by atoms with E-state index in [1.807, 2.05) is 0 Å². The first-order chi connectivity index (χ1) is 7.27. The Morgan fingerprint density at radius 2 is 2.40 bits per heavy atom. The van der Waals surface area contributed by atoms with Crippen molar-refractivity contribution >= 4 is 34.7 Å². The number of rotatable bonds is 2. The Balaban J connectivity index is 2.17. The molecule has 1 N–H and O–H groups in total. The molecule has 0 aliphatic carbocycles. The number of anilines is 1. The number of aromatic nitrogens is 2. The molecular weight excluding hydrogens is 234 g/mol. The van der Waals surface area contributed by atoms with Crippen molar-refractivity contribution in [2.45, 2.75) is 0 Å². The van der Waals surface area contributed by atoms with Gasteiger partial charge in [-0.25, -0.2) is 4.98 Å². The molecule has 0 fully saturated rings. The third kappa shape index (κ3) is 2.31. The summed E-state index contributed by atoms with van der Waals surface area (Å²) in [4.78, 5) is 19.9. The minimum Gasteiger partial charge on any atom is -0.305 e. The van der Waals surface area contributed by atoms with Crippen LogP contribution in [0.15, 0.2) is 30.0 Å². The fraction of sp³-hybridized carbons (Fsp3) is 0. The summed E-state index contributed by atoms with van der Waals surface area (Å²) in [5, 5.41) is 3.01. The highest BCUT2D eigenvalue weighted by Crippen LogP contribution is 2.18. The standard InChI is InChI=1S/C9H6ClN3OS/c10-6-2-1-3-12-8(6)13-9(14)7-4-11-5-15-7/h1-5H,(H,12,13,14). The number of hydrogen-bond acceptors (Lipinski definition) is 4. The minimum absolute atomic E-state index is 0.252. The molecule has 0 atom stereocenters. The van der Waals surface area contributed by atoms with E-state index >= 15 is 0 Å². The zero-order chi connectivity index (χ0) is 10.7. The monoisotopic (exact) mass is 239 g/mol. The fourth-order valence-corrected chi connectivity index (χ4v) is 1.66. The first-order valence-corrected chi connectivity index (χ1v) is 5.33. The topological polar surface area (TPSA) is 54.9 Å². The van der Waals surface area contributed by atoms with E-state index in [0.717, 1.165) is 0 Å². The van der Waals surface area contributed by atoms with Crippen molar-refractivity contribution in [3.8, 4) is 0 Å². The summed E-state index contributed by atoms with van der Waals surface area (Å²) in [6.07, 6.45) is 3.06. The summed E-state index contributed by atoms with van der Waals surface area (Å²) >= 11 is 7.10. The van der Waals surface area contributed by atoms with Gasteiger partial charge < -0.3 is 5.32 Å². The number of nitrogens with zero attached hydrogens (tertiary/aromatic N) is 2. The Morgan fingerprint density at radius 1 is 1.53 bits per heavy atom. The molecule has 4 nitrogen and oxygen atoms in total. The molecule has 76 valence electrons. The van der Waals surface area contributed by atoms with E-state index in [2.05, 4.69) is 15.3 Å². The number of pyridine rings is 1. The molecule has 0 bridgehead atoms. The van der Waals surface area contributed by atoms with Crippen LogP contribution in [0.1, 0.15) is 9.67 Å². The summed E-state index contributed by atoms with van der Waals surface area (Å²) in [5.74, 6) is 0.107. The SMILES string of the molecule is O=C(Nc1ncccc1Cl)c1cncs1. The van der Waals surface area contributed by atoms with E-state index in [0.29, 0.717) is 15.7 Å². The van der Waals surface area contributed by atoms with Crippen molar-refractivity contribution in [2.24, 2.45) is 0 Å². The van der Waals surface area contributed by atoms with Crippen molar-refractivity contribution in [1.29, 1.82) is 0 Å². The average molecular weight is 240 g/mol. The first-order valence-electron chi connectivity index (χ1n) is 4.08. The molecule has 6 heteroatoms. The summed E-state index contributed by atoms with van der Waals surface area (Å²) in [7, 11) is 0. The molecular formula is C9H6ClN3OS. The number of hydrogen-bond donors (Lipinski definition) is 1. The summed E-state index contributed by atoms with van der Waals surface area (Å²) in [6.45, 7) is 0. The van der Waals surface area contributed by atoms with E-state index in [-0.39, 0.29) is 5.91 Å². The van der Waals surface area contributed by atoms with Crippen LogP contribution in [0.3, 0.4) is 0 Å². The molecule has 15 heavy (non-hydrogen) atoms. The van der Waals surface area contributed by atoms with Gasteiger partial charge in [0, 0.05) is 6.20 Å². The van der Waals surface area contributed by atoms with Crippen molar-refractivity contribution in [3.05, 3.63) is 39.9 Å². The zero-order valence-electron chi connectivity index (χ0n) is 7.48. The van der Waals surface area contributed by atoms with Gasteiger partial charge in [-0.05, 0) is 12.1 Å². The molecule has 0 spiro atoms. The van der Waals surface area contributed by atoms with Crippen molar-refractivity contribution in [2.75, 3.05) is 5.32 Å². The Hall–Kier alpha value is -1.46.